The van der Waals surface area contributed by atoms with Crippen molar-refractivity contribution in [1.82, 2.24) is 0 Å². The molecule has 0 bridgehead atoms. The summed E-state index contributed by atoms with van der Waals surface area (Å²) in [5.74, 6) is -0.304. The Balaban J connectivity index is 2.66. The zero-order valence-electron chi connectivity index (χ0n) is 6.67. The number of rotatable bonds is 1. The minimum absolute atomic E-state index is 0.304. The van der Waals surface area contributed by atoms with Crippen LogP contribution in [-0.4, -0.2) is 18.6 Å². The lowest BCUT2D eigenvalue weighted by Gasteiger charge is -2.26. The average Bonchev–Trinajstić information content (AvgIpc) is 2.04. The number of methoxy groups -OCH3 is 1. The summed E-state index contributed by atoms with van der Waals surface area (Å²) in [6, 6.07) is 0. The van der Waals surface area contributed by atoms with Crippen molar-refractivity contribution in [2.24, 2.45) is 5.73 Å². The van der Waals surface area contributed by atoms with Crippen molar-refractivity contribution in [3.8, 4) is 0 Å². The van der Waals surface area contributed by atoms with Gasteiger partial charge in [0.15, 0.2) is 0 Å². The second-order valence-electron chi connectivity index (χ2n) is 2.86. The summed E-state index contributed by atoms with van der Waals surface area (Å²) in [5.41, 5.74) is 5.03. The molecule has 1 rings (SSSR count). The summed E-state index contributed by atoms with van der Waals surface area (Å²) in [5, 5.41) is 0. The molecule has 0 amide bonds. The molecule has 11 heavy (non-hydrogen) atoms. The van der Waals surface area contributed by atoms with E-state index in [4.69, 9.17) is 5.73 Å². The molecular formula is C8H13NO2. The fourth-order valence-corrected chi connectivity index (χ4v) is 1.24. The molecule has 0 aromatic rings. The Bertz CT molecular complexity index is 189. The monoisotopic (exact) mass is 155 g/mol. The van der Waals surface area contributed by atoms with E-state index in [2.05, 4.69) is 4.74 Å². The van der Waals surface area contributed by atoms with Gasteiger partial charge in [0.05, 0.1) is 7.11 Å². The first-order valence-corrected chi connectivity index (χ1v) is 3.71. The molecule has 0 aromatic carbocycles. The maximum absolute atomic E-state index is 11.1. The van der Waals surface area contributed by atoms with Gasteiger partial charge in [-0.1, -0.05) is 12.2 Å². The summed E-state index contributed by atoms with van der Waals surface area (Å²) in [6.45, 7) is 0. The number of hydrogen-bond acceptors (Lipinski definition) is 3. The quantitative estimate of drug-likeness (QED) is 0.445. The third-order valence-electron chi connectivity index (χ3n) is 2.00. The van der Waals surface area contributed by atoms with E-state index in [0.29, 0.717) is 12.8 Å². The van der Waals surface area contributed by atoms with Crippen molar-refractivity contribution in [1.29, 1.82) is 0 Å². The first-order chi connectivity index (χ1) is 5.19. The molecule has 2 N–H and O–H groups in total. The standard InChI is InChI=1S/C8H13NO2/c1-11-7(10)8(9)5-3-2-4-6-8/h2-3H,4-6,9H2,1H3/t8-/m0/s1. The van der Waals surface area contributed by atoms with Crippen molar-refractivity contribution >= 4 is 5.97 Å². The average molecular weight is 155 g/mol. The molecule has 1 aliphatic rings. The first kappa shape index (κ1) is 8.27. The van der Waals surface area contributed by atoms with Gasteiger partial charge >= 0.3 is 5.97 Å². The van der Waals surface area contributed by atoms with Crippen LogP contribution < -0.4 is 5.73 Å². The largest absolute Gasteiger partial charge is 0.468 e. The highest BCUT2D eigenvalue weighted by Gasteiger charge is 2.34. The van der Waals surface area contributed by atoms with Crippen LogP contribution in [0.25, 0.3) is 0 Å². The molecule has 0 aliphatic heterocycles. The zero-order chi connectivity index (χ0) is 8.32. The van der Waals surface area contributed by atoms with Crippen LogP contribution in [0.2, 0.25) is 0 Å². The van der Waals surface area contributed by atoms with Crippen LogP contribution in [0, 0.1) is 0 Å². The van der Waals surface area contributed by atoms with E-state index in [9.17, 15) is 4.79 Å². The normalized spacial score (nSPS) is 30.0. The summed E-state index contributed by atoms with van der Waals surface area (Å²) >= 11 is 0. The summed E-state index contributed by atoms with van der Waals surface area (Å²) < 4.78 is 4.59. The predicted molar refractivity (Wildman–Crippen MR) is 41.9 cm³/mol. The Morgan fingerprint density at radius 1 is 1.64 bits per heavy atom. The van der Waals surface area contributed by atoms with E-state index in [-0.39, 0.29) is 5.97 Å². The first-order valence-electron chi connectivity index (χ1n) is 3.71. The Labute approximate surface area is 66.2 Å². The molecule has 0 fully saturated rings. The summed E-state index contributed by atoms with van der Waals surface area (Å²) in [4.78, 5) is 11.1. The van der Waals surface area contributed by atoms with Gasteiger partial charge in [0.2, 0.25) is 0 Å². The third kappa shape index (κ3) is 1.60. The van der Waals surface area contributed by atoms with Gasteiger partial charge in [-0.15, -0.1) is 0 Å². The molecule has 1 aliphatic carbocycles. The van der Waals surface area contributed by atoms with Gasteiger partial charge in [-0.25, -0.2) is 0 Å². The van der Waals surface area contributed by atoms with Gasteiger partial charge in [-0.05, 0) is 19.3 Å². The van der Waals surface area contributed by atoms with Gasteiger partial charge in [0.25, 0.3) is 0 Å². The maximum Gasteiger partial charge on any atom is 0.326 e. The topological polar surface area (TPSA) is 52.3 Å². The molecule has 3 heteroatoms. The van der Waals surface area contributed by atoms with Crippen LogP contribution in [0.3, 0.4) is 0 Å². The molecule has 0 aromatic heterocycles. The second kappa shape index (κ2) is 3.05. The molecule has 1 atom stereocenters. The van der Waals surface area contributed by atoms with E-state index in [0.717, 1.165) is 6.42 Å². The number of esters is 1. The molecule has 0 spiro atoms. The lowest BCUT2D eigenvalue weighted by atomic mass is 9.87. The van der Waals surface area contributed by atoms with Crippen molar-refractivity contribution < 1.29 is 9.53 Å². The van der Waals surface area contributed by atoms with Crippen LogP contribution in [0.4, 0.5) is 0 Å². The molecule has 0 unspecified atom stereocenters. The fraction of sp³-hybridized carbons (Fsp3) is 0.625. The predicted octanol–water partition coefficient (Wildman–Crippen LogP) is 0.597. The third-order valence-corrected chi connectivity index (χ3v) is 2.00. The van der Waals surface area contributed by atoms with Crippen molar-refractivity contribution in [2.45, 2.75) is 24.8 Å². The van der Waals surface area contributed by atoms with Crippen LogP contribution in [-0.2, 0) is 9.53 Å². The molecule has 0 radical (unpaired) electrons. The summed E-state index contributed by atoms with van der Waals surface area (Å²) in [7, 11) is 1.37. The molecule has 3 nitrogen and oxygen atoms in total. The highest BCUT2D eigenvalue weighted by Crippen LogP contribution is 2.21. The summed E-state index contributed by atoms with van der Waals surface area (Å²) in [6.07, 6.45) is 6.12. The van der Waals surface area contributed by atoms with Crippen molar-refractivity contribution in [3.63, 3.8) is 0 Å². The second-order valence-corrected chi connectivity index (χ2v) is 2.86. The number of ether oxygens (including phenoxy) is 1. The van der Waals surface area contributed by atoms with Gasteiger partial charge in [-0.3, -0.25) is 4.79 Å². The Hall–Kier alpha value is -0.830. The highest BCUT2D eigenvalue weighted by molar-refractivity contribution is 5.80. The number of carbonyl (C=O) groups excluding carboxylic acids is 1. The van der Waals surface area contributed by atoms with Gasteiger partial charge in [-0.2, -0.15) is 0 Å². The SMILES string of the molecule is COC(=O)[C@]1(N)CC=CCC1. The van der Waals surface area contributed by atoms with Crippen LogP contribution >= 0.6 is 0 Å². The van der Waals surface area contributed by atoms with E-state index >= 15 is 0 Å². The minimum Gasteiger partial charge on any atom is -0.468 e. The minimum atomic E-state index is -0.760. The van der Waals surface area contributed by atoms with E-state index < -0.39 is 5.54 Å². The van der Waals surface area contributed by atoms with E-state index in [1.807, 2.05) is 12.2 Å². The van der Waals surface area contributed by atoms with Gasteiger partial charge in [0.1, 0.15) is 5.54 Å². The molecule has 0 heterocycles. The number of allylic oxidation sites excluding steroid dienone is 1. The molecule has 0 saturated heterocycles. The van der Waals surface area contributed by atoms with E-state index in [1.54, 1.807) is 0 Å². The van der Waals surface area contributed by atoms with Gasteiger partial charge < -0.3 is 10.5 Å². The van der Waals surface area contributed by atoms with Crippen LogP contribution in [0.15, 0.2) is 12.2 Å². The lowest BCUT2D eigenvalue weighted by Crippen LogP contribution is -2.49. The maximum atomic E-state index is 11.1. The number of hydrogen-bond donors (Lipinski definition) is 1. The van der Waals surface area contributed by atoms with Gasteiger partial charge in [0, 0.05) is 0 Å². The Kier molecular flexibility index (Phi) is 2.29. The number of nitrogens with two attached hydrogens (primary N) is 1. The van der Waals surface area contributed by atoms with Crippen molar-refractivity contribution in [2.75, 3.05) is 7.11 Å². The number of carbonyl (C=O) groups is 1. The fourth-order valence-electron chi connectivity index (χ4n) is 1.24. The Morgan fingerprint density at radius 3 is 2.82 bits per heavy atom. The zero-order valence-corrected chi connectivity index (χ0v) is 6.67. The van der Waals surface area contributed by atoms with Crippen molar-refractivity contribution in [3.05, 3.63) is 12.2 Å². The van der Waals surface area contributed by atoms with Crippen LogP contribution in [0.1, 0.15) is 19.3 Å². The molecule has 62 valence electrons. The Morgan fingerprint density at radius 2 is 2.36 bits per heavy atom. The lowest BCUT2D eigenvalue weighted by molar-refractivity contribution is -0.147. The highest BCUT2D eigenvalue weighted by atomic mass is 16.5. The smallest absolute Gasteiger partial charge is 0.326 e. The van der Waals surface area contributed by atoms with E-state index in [1.165, 1.54) is 7.11 Å². The molecular weight excluding hydrogens is 142 g/mol. The molecule has 0 saturated carbocycles. The van der Waals surface area contributed by atoms with Crippen LogP contribution in [0.5, 0.6) is 0 Å².